The van der Waals surface area contributed by atoms with E-state index < -0.39 is 0 Å². The van der Waals surface area contributed by atoms with Gasteiger partial charge in [0.2, 0.25) is 5.91 Å². The first-order valence-corrected chi connectivity index (χ1v) is 8.48. The van der Waals surface area contributed by atoms with Crippen molar-refractivity contribution >= 4 is 22.9 Å². The van der Waals surface area contributed by atoms with Crippen molar-refractivity contribution in [2.24, 2.45) is 0 Å². The molecule has 3 aromatic rings. The fourth-order valence-corrected chi connectivity index (χ4v) is 3.29. The van der Waals surface area contributed by atoms with Crippen LogP contribution in [0, 0.1) is 13.8 Å². The molecule has 0 saturated heterocycles. The van der Waals surface area contributed by atoms with Crippen LogP contribution in [-0.4, -0.2) is 10.9 Å². The number of thiazole rings is 1. The highest BCUT2D eigenvalue weighted by Crippen LogP contribution is 2.29. The molecule has 0 atom stereocenters. The number of para-hydroxylation sites is 3. The van der Waals surface area contributed by atoms with Crippen LogP contribution in [0.2, 0.25) is 0 Å². The Morgan fingerprint density at radius 2 is 1.79 bits per heavy atom. The van der Waals surface area contributed by atoms with Crippen molar-refractivity contribution in [1.82, 2.24) is 4.98 Å². The number of aromatic nitrogens is 1. The summed E-state index contributed by atoms with van der Waals surface area (Å²) >= 11 is 1.56. The monoisotopic (exact) mass is 338 g/mol. The number of rotatable bonds is 5. The van der Waals surface area contributed by atoms with Crippen molar-refractivity contribution in [3.63, 3.8) is 0 Å². The third-order valence-corrected chi connectivity index (χ3v) is 4.53. The zero-order valence-corrected chi connectivity index (χ0v) is 14.4. The van der Waals surface area contributed by atoms with E-state index in [2.05, 4.69) is 10.3 Å². The van der Waals surface area contributed by atoms with Gasteiger partial charge in [-0.15, -0.1) is 11.3 Å². The summed E-state index contributed by atoms with van der Waals surface area (Å²) in [5, 5.41) is 3.91. The Balaban J connectivity index is 1.73. The van der Waals surface area contributed by atoms with Crippen LogP contribution in [0.5, 0.6) is 11.5 Å². The number of nitrogens with one attached hydrogen (secondary N) is 1. The first kappa shape index (κ1) is 16.2. The number of carbonyl (C=O) groups excluding carboxylic acids is 1. The molecule has 1 N–H and O–H groups in total. The first-order valence-electron chi connectivity index (χ1n) is 7.66. The van der Waals surface area contributed by atoms with E-state index in [1.165, 1.54) is 0 Å². The minimum atomic E-state index is -0.0779. The zero-order valence-electron chi connectivity index (χ0n) is 13.6. The minimum absolute atomic E-state index is 0.0779. The van der Waals surface area contributed by atoms with Crippen molar-refractivity contribution < 1.29 is 9.53 Å². The Morgan fingerprint density at radius 1 is 1.08 bits per heavy atom. The average Bonchev–Trinajstić information content (AvgIpc) is 2.87. The maximum atomic E-state index is 12.4. The van der Waals surface area contributed by atoms with Gasteiger partial charge in [-0.3, -0.25) is 4.79 Å². The van der Waals surface area contributed by atoms with Crippen molar-refractivity contribution in [1.29, 1.82) is 0 Å². The van der Waals surface area contributed by atoms with Gasteiger partial charge < -0.3 is 10.1 Å². The van der Waals surface area contributed by atoms with Crippen molar-refractivity contribution in [3.8, 4) is 11.5 Å². The van der Waals surface area contributed by atoms with Gasteiger partial charge in [-0.05, 0) is 38.1 Å². The quantitative estimate of drug-likeness (QED) is 0.731. The number of carbonyl (C=O) groups is 1. The number of amides is 1. The lowest BCUT2D eigenvalue weighted by Crippen LogP contribution is -2.14. The summed E-state index contributed by atoms with van der Waals surface area (Å²) in [6, 6.07) is 16.9. The van der Waals surface area contributed by atoms with Crippen LogP contribution >= 0.6 is 11.3 Å². The molecule has 0 aliphatic rings. The van der Waals surface area contributed by atoms with E-state index in [4.69, 9.17) is 4.74 Å². The van der Waals surface area contributed by atoms with E-state index in [1.54, 1.807) is 11.3 Å². The molecule has 0 spiro atoms. The van der Waals surface area contributed by atoms with Crippen molar-refractivity contribution in [2.45, 2.75) is 20.3 Å². The van der Waals surface area contributed by atoms with Gasteiger partial charge in [0.25, 0.3) is 0 Å². The predicted molar refractivity (Wildman–Crippen MR) is 96.9 cm³/mol. The third-order valence-electron chi connectivity index (χ3n) is 3.45. The van der Waals surface area contributed by atoms with Gasteiger partial charge in [0, 0.05) is 4.88 Å². The highest BCUT2D eigenvalue weighted by molar-refractivity contribution is 7.11. The second-order valence-electron chi connectivity index (χ2n) is 5.38. The molecule has 2 aromatic carbocycles. The Bertz CT molecular complexity index is 844. The molecule has 0 unspecified atom stereocenters. The van der Waals surface area contributed by atoms with Gasteiger partial charge in [0.05, 0.1) is 22.8 Å². The number of nitrogens with zero attached hydrogens (tertiary/aromatic N) is 1. The van der Waals surface area contributed by atoms with Crippen molar-refractivity contribution in [2.75, 3.05) is 5.32 Å². The first-order chi connectivity index (χ1) is 11.6. The Kier molecular flexibility index (Phi) is 4.91. The summed E-state index contributed by atoms with van der Waals surface area (Å²) in [5.74, 6) is 1.27. The molecule has 3 rings (SSSR count). The Labute approximate surface area is 145 Å². The van der Waals surface area contributed by atoms with Crippen LogP contribution in [0.3, 0.4) is 0 Å². The summed E-state index contributed by atoms with van der Waals surface area (Å²) < 4.78 is 5.86. The zero-order chi connectivity index (χ0) is 16.9. The molecule has 1 aromatic heterocycles. The molecule has 0 aliphatic carbocycles. The molecular weight excluding hydrogens is 320 g/mol. The number of benzene rings is 2. The maximum absolute atomic E-state index is 12.4. The van der Waals surface area contributed by atoms with E-state index in [1.807, 2.05) is 68.4 Å². The standard InChI is InChI=1S/C19H18N2O2S/c1-13-18(24-14(2)20-13)12-19(22)21-16-10-6-7-11-17(16)23-15-8-4-3-5-9-15/h3-11H,12H2,1-2H3,(H,21,22). The lowest BCUT2D eigenvalue weighted by atomic mass is 10.2. The minimum Gasteiger partial charge on any atom is -0.455 e. The highest BCUT2D eigenvalue weighted by Gasteiger charge is 2.12. The SMILES string of the molecule is Cc1nc(C)c(CC(=O)Nc2ccccc2Oc2ccccc2)s1. The van der Waals surface area contributed by atoms with Crippen LogP contribution in [0.25, 0.3) is 0 Å². The van der Waals surface area contributed by atoms with E-state index in [0.29, 0.717) is 17.9 Å². The summed E-state index contributed by atoms with van der Waals surface area (Å²) in [7, 11) is 0. The highest BCUT2D eigenvalue weighted by atomic mass is 32.1. The molecule has 0 aliphatic heterocycles. The van der Waals surface area contributed by atoms with E-state index in [-0.39, 0.29) is 5.91 Å². The molecular formula is C19H18N2O2S. The summed E-state index contributed by atoms with van der Waals surface area (Å²) in [4.78, 5) is 17.7. The number of ether oxygens (including phenoxy) is 1. The summed E-state index contributed by atoms with van der Waals surface area (Å²) in [6.07, 6.45) is 0.316. The fraction of sp³-hybridized carbons (Fsp3) is 0.158. The van der Waals surface area contributed by atoms with Gasteiger partial charge in [-0.25, -0.2) is 4.98 Å². The topological polar surface area (TPSA) is 51.2 Å². The summed E-state index contributed by atoms with van der Waals surface area (Å²) in [5.41, 5.74) is 1.58. The molecule has 0 fully saturated rings. The van der Waals surface area contributed by atoms with Crippen LogP contribution < -0.4 is 10.1 Å². The third kappa shape index (κ3) is 4.00. The Morgan fingerprint density at radius 3 is 2.50 bits per heavy atom. The van der Waals surface area contributed by atoms with Gasteiger partial charge in [-0.1, -0.05) is 30.3 Å². The number of hydrogen-bond donors (Lipinski definition) is 1. The van der Waals surface area contributed by atoms with Gasteiger partial charge >= 0.3 is 0 Å². The molecule has 0 saturated carbocycles. The van der Waals surface area contributed by atoms with Gasteiger partial charge in [0.1, 0.15) is 5.75 Å². The van der Waals surface area contributed by atoms with E-state index in [9.17, 15) is 4.79 Å². The van der Waals surface area contributed by atoms with Crippen LogP contribution in [0.4, 0.5) is 5.69 Å². The van der Waals surface area contributed by atoms with E-state index >= 15 is 0 Å². The molecule has 0 bridgehead atoms. The maximum Gasteiger partial charge on any atom is 0.229 e. The van der Waals surface area contributed by atoms with Crippen LogP contribution in [0.1, 0.15) is 15.6 Å². The molecule has 0 radical (unpaired) electrons. The number of anilines is 1. The molecule has 24 heavy (non-hydrogen) atoms. The predicted octanol–water partition coefficient (Wildman–Crippen LogP) is 4.73. The van der Waals surface area contributed by atoms with Crippen LogP contribution in [-0.2, 0) is 11.2 Å². The normalized spacial score (nSPS) is 10.4. The smallest absolute Gasteiger partial charge is 0.229 e. The molecule has 1 amide bonds. The van der Waals surface area contributed by atoms with E-state index in [0.717, 1.165) is 21.3 Å². The lowest BCUT2D eigenvalue weighted by Gasteiger charge is -2.12. The molecule has 122 valence electrons. The van der Waals surface area contributed by atoms with Gasteiger partial charge in [0.15, 0.2) is 5.75 Å². The second kappa shape index (κ2) is 7.27. The second-order valence-corrected chi connectivity index (χ2v) is 6.67. The van der Waals surface area contributed by atoms with Crippen molar-refractivity contribution in [3.05, 3.63) is 70.2 Å². The molecule has 5 heteroatoms. The van der Waals surface area contributed by atoms with Crippen LogP contribution in [0.15, 0.2) is 54.6 Å². The Hall–Kier alpha value is -2.66. The largest absolute Gasteiger partial charge is 0.455 e. The summed E-state index contributed by atoms with van der Waals surface area (Å²) in [6.45, 7) is 3.88. The molecule has 1 heterocycles. The lowest BCUT2D eigenvalue weighted by molar-refractivity contribution is -0.115. The number of aryl methyl sites for hydroxylation is 2. The average molecular weight is 338 g/mol. The van der Waals surface area contributed by atoms with Gasteiger partial charge in [-0.2, -0.15) is 0 Å². The number of hydrogen-bond acceptors (Lipinski definition) is 4. The fourth-order valence-electron chi connectivity index (χ4n) is 2.35. The molecule has 4 nitrogen and oxygen atoms in total.